The quantitative estimate of drug-likeness (QED) is 0.827. The first-order chi connectivity index (χ1) is 9.73. The lowest BCUT2D eigenvalue weighted by Crippen LogP contribution is -2.53. The zero-order chi connectivity index (χ0) is 16.0. The molecule has 1 fully saturated rings. The van der Waals surface area contributed by atoms with Gasteiger partial charge in [-0.25, -0.2) is 4.79 Å². The third-order valence-corrected chi connectivity index (χ3v) is 3.04. The molecule has 0 atom stereocenters. The van der Waals surface area contributed by atoms with Crippen molar-refractivity contribution in [1.29, 1.82) is 0 Å². The Bertz CT molecular complexity index is 396. The van der Waals surface area contributed by atoms with E-state index in [1.165, 1.54) is 0 Å². The predicted molar refractivity (Wildman–Crippen MR) is 77.7 cm³/mol. The van der Waals surface area contributed by atoms with Crippen molar-refractivity contribution in [3.05, 3.63) is 0 Å². The molecule has 0 unspecified atom stereocenters. The van der Waals surface area contributed by atoms with Gasteiger partial charge >= 0.3 is 6.09 Å². The molecule has 0 spiro atoms. The molecule has 0 radical (unpaired) electrons. The van der Waals surface area contributed by atoms with Crippen LogP contribution in [0.5, 0.6) is 0 Å². The minimum absolute atomic E-state index is 0.0130. The van der Waals surface area contributed by atoms with Gasteiger partial charge in [0.15, 0.2) is 0 Å². The van der Waals surface area contributed by atoms with Gasteiger partial charge in [0.05, 0.1) is 6.54 Å². The number of rotatable bonds is 3. The maximum atomic E-state index is 11.9. The third kappa shape index (κ3) is 6.01. The van der Waals surface area contributed by atoms with E-state index < -0.39 is 5.60 Å². The van der Waals surface area contributed by atoms with E-state index in [1.54, 1.807) is 16.7 Å². The van der Waals surface area contributed by atoms with Crippen LogP contribution in [0.25, 0.3) is 0 Å². The lowest BCUT2D eigenvalue weighted by molar-refractivity contribution is -0.134. The van der Waals surface area contributed by atoms with Crippen molar-refractivity contribution in [2.75, 3.05) is 32.7 Å². The third-order valence-electron chi connectivity index (χ3n) is 3.04. The van der Waals surface area contributed by atoms with Crippen LogP contribution >= 0.6 is 0 Å². The van der Waals surface area contributed by atoms with Crippen molar-refractivity contribution in [1.82, 2.24) is 15.1 Å². The number of ether oxygens (including phenoxy) is 1. The summed E-state index contributed by atoms with van der Waals surface area (Å²) >= 11 is 0. The van der Waals surface area contributed by atoms with Crippen molar-refractivity contribution in [3.8, 4) is 0 Å². The minimum Gasteiger partial charge on any atom is -0.444 e. The van der Waals surface area contributed by atoms with Gasteiger partial charge in [-0.15, -0.1) is 0 Å². The molecule has 0 bridgehead atoms. The first kappa shape index (κ1) is 17.3. The van der Waals surface area contributed by atoms with Crippen molar-refractivity contribution in [2.45, 2.75) is 39.7 Å². The van der Waals surface area contributed by atoms with Crippen LogP contribution in [0.15, 0.2) is 0 Å². The maximum absolute atomic E-state index is 11.9. The minimum atomic E-state index is -0.519. The van der Waals surface area contributed by atoms with E-state index >= 15 is 0 Å². The van der Waals surface area contributed by atoms with E-state index in [4.69, 9.17) is 4.74 Å². The topological polar surface area (TPSA) is 79.0 Å². The van der Waals surface area contributed by atoms with Crippen molar-refractivity contribution in [3.63, 3.8) is 0 Å². The Morgan fingerprint density at radius 1 is 1.05 bits per heavy atom. The Labute approximate surface area is 125 Å². The molecule has 0 aromatic heterocycles. The monoisotopic (exact) mass is 299 g/mol. The average molecular weight is 299 g/mol. The standard InChI is InChI=1S/C14H25N3O4/c1-5-11(18)15-10-12(19)16-6-8-17(9-7-16)13(20)21-14(2,3)4/h5-10H2,1-4H3,(H,15,18). The number of piperazine rings is 1. The fourth-order valence-electron chi connectivity index (χ4n) is 1.88. The fourth-order valence-corrected chi connectivity index (χ4v) is 1.88. The number of carbonyl (C=O) groups is 3. The van der Waals surface area contributed by atoms with Crippen LogP contribution in [-0.2, 0) is 14.3 Å². The molecule has 3 amide bonds. The molecular weight excluding hydrogens is 274 g/mol. The Kier molecular flexibility index (Phi) is 5.99. The Morgan fingerprint density at radius 2 is 1.57 bits per heavy atom. The summed E-state index contributed by atoms with van der Waals surface area (Å²) in [6.45, 7) is 9.02. The Morgan fingerprint density at radius 3 is 2.05 bits per heavy atom. The molecule has 1 rings (SSSR count). The van der Waals surface area contributed by atoms with Gasteiger partial charge < -0.3 is 19.9 Å². The summed E-state index contributed by atoms with van der Waals surface area (Å²) in [5.41, 5.74) is -0.519. The second-order valence-corrected chi connectivity index (χ2v) is 5.98. The normalized spacial score (nSPS) is 15.6. The summed E-state index contributed by atoms with van der Waals surface area (Å²) in [6, 6.07) is 0. The molecule has 0 aromatic rings. The predicted octanol–water partition coefficient (Wildman–Crippen LogP) is 0.592. The lowest BCUT2D eigenvalue weighted by Gasteiger charge is -2.35. The molecule has 21 heavy (non-hydrogen) atoms. The Hall–Kier alpha value is -1.79. The van der Waals surface area contributed by atoms with Crippen LogP contribution in [0, 0.1) is 0 Å². The van der Waals surface area contributed by atoms with Crippen LogP contribution < -0.4 is 5.32 Å². The van der Waals surface area contributed by atoms with Gasteiger partial charge in [0.1, 0.15) is 5.60 Å². The van der Waals surface area contributed by atoms with Gasteiger partial charge in [-0.1, -0.05) is 6.92 Å². The van der Waals surface area contributed by atoms with Gasteiger partial charge in [0, 0.05) is 32.6 Å². The molecule has 7 heteroatoms. The largest absolute Gasteiger partial charge is 0.444 e. The number of hydrogen-bond donors (Lipinski definition) is 1. The van der Waals surface area contributed by atoms with Gasteiger partial charge in [-0.3, -0.25) is 9.59 Å². The van der Waals surface area contributed by atoms with Gasteiger partial charge in [-0.05, 0) is 20.8 Å². The van der Waals surface area contributed by atoms with E-state index in [2.05, 4.69) is 5.32 Å². The van der Waals surface area contributed by atoms with E-state index in [-0.39, 0.29) is 24.5 Å². The summed E-state index contributed by atoms with van der Waals surface area (Å²) in [5.74, 6) is -0.267. The second-order valence-electron chi connectivity index (χ2n) is 5.98. The van der Waals surface area contributed by atoms with E-state index in [1.807, 2.05) is 20.8 Å². The molecule has 120 valence electrons. The molecule has 7 nitrogen and oxygen atoms in total. The van der Waals surface area contributed by atoms with Crippen molar-refractivity contribution in [2.24, 2.45) is 0 Å². The molecule has 1 saturated heterocycles. The van der Waals surface area contributed by atoms with Crippen LogP contribution in [-0.4, -0.2) is 66.0 Å². The molecule has 1 aliphatic rings. The zero-order valence-electron chi connectivity index (χ0n) is 13.3. The summed E-state index contributed by atoms with van der Waals surface area (Å²) in [4.78, 5) is 38.2. The Balaban J connectivity index is 2.36. The van der Waals surface area contributed by atoms with Crippen LogP contribution in [0.4, 0.5) is 4.79 Å². The molecule has 1 aliphatic heterocycles. The number of nitrogens with zero attached hydrogens (tertiary/aromatic N) is 2. The molecule has 1 N–H and O–H groups in total. The van der Waals surface area contributed by atoms with E-state index in [0.29, 0.717) is 32.6 Å². The summed E-state index contributed by atoms with van der Waals surface area (Å²) in [6.07, 6.45) is 0.00793. The highest BCUT2D eigenvalue weighted by atomic mass is 16.6. The average Bonchev–Trinajstić information content (AvgIpc) is 2.42. The number of nitrogens with one attached hydrogen (secondary N) is 1. The fraction of sp³-hybridized carbons (Fsp3) is 0.786. The van der Waals surface area contributed by atoms with Gasteiger partial charge in [0.25, 0.3) is 0 Å². The molecule has 0 aromatic carbocycles. The van der Waals surface area contributed by atoms with E-state index in [0.717, 1.165) is 0 Å². The second kappa shape index (κ2) is 7.28. The van der Waals surface area contributed by atoms with Crippen LogP contribution in [0.2, 0.25) is 0 Å². The number of amides is 3. The van der Waals surface area contributed by atoms with Gasteiger partial charge in [-0.2, -0.15) is 0 Å². The van der Waals surface area contributed by atoms with Crippen LogP contribution in [0.3, 0.4) is 0 Å². The zero-order valence-corrected chi connectivity index (χ0v) is 13.3. The van der Waals surface area contributed by atoms with Crippen molar-refractivity contribution < 1.29 is 19.1 Å². The molecule has 1 heterocycles. The van der Waals surface area contributed by atoms with Crippen molar-refractivity contribution >= 4 is 17.9 Å². The first-order valence-corrected chi connectivity index (χ1v) is 7.25. The summed E-state index contributed by atoms with van der Waals surface area (Å²) in [5, 5.41) is 2.56. The summed E-state index contributed by atoms with van der Waals surface area (Å²) < 4.78 is 5.29. The number of carbonyl (C=O) groups excluding carboxylic acids is 3. The highest BCUT2D eigenvalue weighted by molar-refractivity contribution is 5.84. The smallest absolute Gasteiger partial charge is 0.410 e. The molecule has 0 saturated carbocycles. The summed E-state index contributed by atoms with van der Waals surface area (Å²) in [7, 11) is 0. The van der Waals surface area contributed by atoms with Crippen LogP contribution in [0.1, 0.15) is 34.1 Å². The maximum Gasteiger partial charge on any atom is 0.410 e. The molecular formula is C14H25N3O4. The first-order valence-electron chi connectivity index (χ1n) is 7.25. The SMILES string of the molecule is CCC(=O)NCC(=O)N1CCN(C(=O)OC(C)(C)C)CC1. The lowest BCUT2D eigenvalue weighted by atomic mass is 10.2. The highest BCUT2D eigenvalue weighted by Crippen LogP contribution is 2.11. The van der Waals surface area contributed by atoms with E-state index in [9.17, 15) is 14.4 Å². The molecule has 0 aliphatic carbocycles. The number of hydrogen-bond acceptors (Lipinski definition) is 4. The highest BCUT2D eigenvalue weighted by Gasteiger charge is 2.27. The van der Waals surface area contributed by atoms with Gasteiger partial charge in [0.2, 0.25) is 11.8 Å².